The molecule has 0 bridgehead atoms. The summed E-state index contributed by atoms with van der Waals surface area (Å²) in [5.41, 5.74) is -1.48. The van der Waals surface area contributed by atoms with Crippen LogP contribution in [-0.2, 0) is 29.2 Å². The first-order chi connectivity index (χ1) is 18.9. The fourth-order valence-corrected chi connectivity index (χ4v) is 10.5. The summed E-state index contributed by atoms with van der Waals surface area (Å²) in [4.78, 5) is 3.72. The number of fused-ring (bicyclic) bond motifs is 3. The van der Waals surface area contributed by atoms with Gasteiger partial charge >= 0.3 is 5.66 Å². The number of piperidine rings is 1. The minimum Gasteiger partial charge on any atom is -0.490 e. The molecule has 40 heavy (non-hydrogen) atoms. The van der Waals surface area contributed by atoms with E-state index in [1.807, 2.05) is 0 Å². The molecule has 1 N–H and O–H groups in total. The van der Waals surface area contributed by atoms with Gasteiger partial charge in [-0.2, -0.15) is 0 Å². The van der Waals surface area contributed by atoms with Crippen LogP contribution in [0, 0.1) is 24.1 Å². The number of nitrogens with zero attached hydrogens (tertiary/aromatic N) is 1. The maximum absolute atomic E-state index is 15.5. The second-order valence-electron chi connectivity index (χ2n) is 10.6. The number of sulfone groups is 2. The summed E-state index contributed by atoms with van der Waals surface area (Å²) in [6.45, 7) is 5.75. The summed E-state index contributed by atoms with van der Waals surface area (Å²) in [6.07, 6.45) is 0.941. The van der Waals surface area contributed by atoms with Gasteiger partial charge in [0.1, 0.15) is 16.3 Å². The van der Waals surface area contributed by atoms with Crippen LogP contribution in [0.4, 0.5) is 8.78 Å². The monoisotopic (exact) mass is 615 g/mol. The zero-order valence-corrected chi connectivity index (χ0v) is 24.0. The first kappa shape index (κ1) is 29.2. The van der Waals surface area contributed by atoms with Crippen LogP contribution in [0.15, 0.2) is 41.3 Å². The van der Waals surface area contributed by atoms with Gasteiger partial charge in [-0.25, -0.2) is 30.9 Å². The second-order valence-corrected chi connectivity index (χ2v) is 15.4. The van der Waals surface area contributed by atoms with Gasteiger partial charge in [-0.05, 0) is 62.1 Å². The summed E-state index contributed by atoms with van der Waals surface area (Å²) in [7, 11) is -8.12. The van der Waals surface area contributed by atoms with E-state index < -0.39 is 65.1 Å². The maximum atomic E-state index is 15.5. The SMILES string of the molecule is C#[N+][C@]1(CS(=O)(=O)CC[C@@H]2OCC[C@@]3(S(=O)(=O)c4ccc(Cl)cc4)c4c(F)ccc(F)c4OC[C@@H]23)CCCCN1. The Kier molecular flexibility index (Phi) is 7.91. The number of nitrogens with one attached hydrogen (secondary N) is 1. The normalized spacial score (nSPS) is 28.6. The molecular formula is C27H30ClF2N2O6S2+. The molecule has 2 fully saturated rings. The smallest absolute Gasteiger partial charge is 0.348 e. The number of hydrogen-bond acceptors (Lipinski definition) is 7. The molecule has 0 spiro atoms. The van der Waals surface area contributed by atoms with Gasteiger partial charge in [-0.1, -0.05) is 16.4 Å². The number of hydrogen-bond donors (Lipinski definition) is 1. The van der Waals surface area contributed by atoms with Gasteiger partial charge in [0.2, 0.25) is 0 Å². The van der Waals surface area contributed by atoms with Crippen molar-refractivity contribution in [2.24, 2.45) is 5.92 Å². The third-order valence-electron chi connectivity index (χ3n) is 8.24. The van der Waals surface area contributed by atoms with Crippen LogP contribution in [0.2, 0.25) is 5.02 Å². The number of benzene rings is 2. The fourth-order valence-electron chi connectivity index (χ4n) is 6.29. The summed E-state index contributed by atoms with van der Waals surface area (Å²) >= 11 is 5.99. The molecular weight excluding hydrogens is 586 g/mol. The van der Waals surface area contributed by atoms with Crippen molar-refractivity contribution in [1.82, 2.24) is 5.32 Å². The average Bonchev–Trinajstić information content (AvgIpc) is 2.93. The first-order valence-electron chi connectivity index (χ1n) is 13.1. The van der Waals surface area contributed by atoms with Crippen molar-refractivity contribution in [2.75, 3.05) is 31.3 Å². The topological polar surface area (TPSA) is 103 Å². The van der Waals surface area contributed by atoms with Crippen molar-refractivity contribution in [1.29, 1.82) is 0 Å². The molecule has 3 heterocycles. The van der Waals surface area contributed by atoms with Crippen molar-refractivity contribution in [2.45, 2.75) is 53.5 Å². The second kappa shape index (κ2) is 10.8. The summed E-state index contributed by atoms with van der Waals surface area (Å²) < 4.78 is 95.2. The lowest BCUT2D eigenvalue weighted by molar-refractivity contribution is -0.0732. The van der Waals surface area contributed by atoms with Crippen molar-refractivity contribution in [3.63, 3.8) is 0 Å². The third-order valence-corrected chi connectivity index (χ3v) is 12.8. The van der Waals surface area contributed by atoms with Gasteiger partial charge < -0.3 is 9.47 Å². The van der Waals surface area contributed by atoms with Gasteiger partial charge in [-0.15, -0.1) is 0 Å². The quantitative estimate of drug-likeness (QED) is 0.495. The molecule has 0 radical (unpaired) electrons. The molecule has 0 aromatic heterocycles. The highest BCUT2D eigenvalue weighted by molar-refractivity contribution is 7.92. The van der Waals surface area contributed by atoms with E-state index in [9.17, 15) is 21.2 Å². The van der Waals surface area contributed by atoms with Crippen LogP contribution in [0.5, 0.6) is 5.75 Å². The number of ether oxygens (including phenoxy) is 2. The summed E-state index contributed by atoms with van der Waals surface area (Å²) in [6, 6.07) is 7.21. The molecule has 2 aromatic rings. The Labute approximate surface area is 237 Å². The van der Waals surface area contributed by atoms with E-state index in [0.29, 0.717) is 18.0 Å². The van der Waals surface area contributed by atoms with Crippen LogP contribution in [0.25, 0.3) is 4.85 Å². The standard InChI is InChI=1S/C27H30ClF2N2O6S2/c1-31-26(11-2-3-13-32-26)17-39(33,34)15-10-23-20-16-38-25-22(30)9-8-21(29)24(25)27(20,12-14-37-23)40(35,36)19-6-4-18(28)5-7-19/h1,4-9,20,23,32H,2-3,10-17H2/q+1/t20-,23-,26+,27-/m0/s1. The predicted octanol–water partition coefficient (Wildman–Crippen LogP) is 4.32. The predicted molar refractivity (Wildman–Crippen MR) is 146 cm³/mol. The summed E-state index contributed by atoms with van der Waals surface area (Å²) in [5, 5.41) is 3.41. The van der Waals surface area contributed by atoms with E-state index in [1.54, 1.807) is 0 Å². The Bertz CT molecular complexity index is 1540. The molecule has 13 heteroatoms. The zero-order chi connectivity index (χ0) is 28.8. The summed E-state index contributed by atoms with van der Waals surface area (Å²) in [5.74, 6) is -3.97. The van der Waals surface area contributed by atoms with Crippen molar-refractivity contribution in [3.8, 4) is 12.3 Å². The van der Waals surface area contributed by atoms with Crippen LogP contribution < -0.4 is 10.1 Å². The molecule has 4 atom stereocenters. The fraction of sp³-hybridized carbons (Fsp3) is 0.519. The van der Waals surface area contributed by atoms with Crippen LogP contribution in [-0.4, -0.2) is 59.9 Å². The van der Waals surface area contributed by atoms with Gasteiger partial charge in [0.25, 0.3) is 6.57 Å². The van der Waals surface area contributed by atoms with Gasteiger partial charge in [0, 0.05) is 30.5 Å². The Balaban J connectivity index is 1.53. The molecule has 5 rings (SSSR count). The van der Waals surface area contributed by atoms with E-state index >= 15 is 4.39 Å². The lowest BCUT2D eigenvalue weighted by Crippen LogP contribution is -2.58. The third kappa shape index (κ3) is 5.00. The van der Waals surface area contributed by atoms with E-state index in [4.69, 9.17) is 27.6 Å². The molecule has 3 aliphatic rings. The molecule has 8 nitrogen and oxygen atoms in total. The minimum absolute atomic E-state index is 0.0822. The molecule has 0 unspecified atom stereocenters. The lowest BCUT2D eigenvalue weighted by Gasteiger charge is -2.50. The van der Waals surface area contributed by atoms with Crippen molar-refractivity contribution in [3.05, 3.63) is 63.5 Å². The Morgan fingerprint density at radius 2 is 1.77 bits per heavy atom. The minimum atomic E-state index is -4.39. The largest absolute Gasteiger partial charge is 0.490 e. The van der Waals surface area contributed by atoms with Gasteiger partial charge in [-0.3, -0.25) is 0 Å². The first-order valence-corrected chi connectivity index (χ1v) is 16.7. The molecule has 2 saturated heterocycles. The van der Waals surface area contributed by atoms with Crippen LogP contribution in [0.1, 0.15) is 37.7 Å². The Hall–Kier alpha value is -2.30. The average molecular weight is 616 g/mol. The van der Waals surface area contributed by atoms with Gasteiger partial charge in [0.05, 0.1) is 28.9 Å². The molecule has 0 aliphatic carbocycles. The van der Waals surface area contributed by atoms with E-state index in [0.717, 1.165) is 25.0 Å². The van der Waals surface area contributed by atoms with Crippen LogP contribution in [0.3, 0.4) is 0 Å². The van der Waals surface area contributed by atoms with E-state index in [1.165, 1.54) is 24.3 Å². The molecule has 0 saturated carbocycles. The highest BCUT2D eigenvalue weighted by atomic mass is 35.5. The van der Waals surface area contributed by atoms with Crippen molar-refractivity contribution >= 4 is 31.3 Å². The highest BCUT2D eigenvalue weighted by Crippen LogP contribution is 2.56. The van der Waals surface area contributed by atoms with E-state index in [-0.39, 0.29) is 42.5 Å². The molecule has 0 amide bonds. The van der Waals surface area contributed by atoms with Crippen molar-refractivity contribution < 1.29 is 35.1 Å². The molecule has 3 aliphatic heterocycles. The maximum Gasteiger partial charge on any atom is 0.348 e. The highest BCUT2D eigenvalue weighted by Gasteiger charge is 2.61. The molecule has 2 aromatic carbocycles. The van der Waals surface area contributed by atoms with Crippen LogP contribution >= 0.6 is 11.6 Å². The van der Waals surface area contributed by atoms with E-state index in [2.05, 4.69) is 10.2 Å². The number of rotatable bonds is 7. The number of halogens is 3. The Morgan fingerprint density at radius 3 is 2.45 bits per heavy atom. The molecule has 216 valence electrons. The Morgan fingerprint density at radius 1 is 1.05 bits per heavy atom. The lowest BCUT2D eigenvalue weighted by atomic mass is 9.75. The van der Waals surface area contributed by atoms with Gasteiger partial charge in [0.15, 0.2) is 31.2 Å². The zero-order valence-electron chi connectivity index (χ0n) is 21.6.